The van der Waals surface area contributed by atoms with Crippen LogP contribution >= 0.6 is 0 Å². The van der Waals surface area contributed by atoms with Gasteiger partial charge in [0.05, 0.1) is 0 Å². The van der Waals surface area contributed by atoms with Crippen LogP contribution in [-0.2, 0) is 17.1 Å². The van der Waals surface area contributed by atoms with Gasteiger partial charge in [0.25, 0.3) is 0 Å². The van der Waals surface area contributed by atoms with Crippen molar-refractivity contribution in [1.82, 2.24) is 0 Å². The molecule has 1 heteroatoms. The molecule has 7 aromatic rings. The summed E-state index contributed by atoms with van der Waals surface area (Å²) in [6, 6.07) is 53.8. The third-order valence-electron chi connectivity index (χ3n) is 6.79. The van der Waals surface area contributed by atoms with Crippen molar-refractivity contribution in [3.8, 4) is 34.8 Å². The molecule has 0 saturated carbocycles. The minimum Gasteiger partial charge on any atom is -0.214 e. The number of hydrogen-bond acceptors (Lipinski definition) is 0. The van der Waals surface area contributed by atoms with Gasteiger partial charge in [-0.3, -0.25) is 0 Å². The van der Waals surface area contributed by atoms with Crippen LogP contribution in [0.5, 0.6) is 0 Å². The average molecular weight is 562 g/mol. The molecule has 0 fully saturated rings. The van der Waals surface area contributed by atoms with Crippen LogP contribution in [0.25, 0.3) is 32.7 Å². The minimum atomic E-state index is 0. The molecule has 0 aromatic heterocycles. The zero-order chi connectivity index (χ0) is 27.0. The van der Waals surface area contributed by atoms with E-state index in [4.69, 9.17) is 0 Å². The molecule has 7 rings (SSSR count). The maximum atomic E-state index is 3.55. The fraction of sp³-hybridized carbons (Fsp3) is 0. The van der Waals surface area contributed by atoms with Crippen LogP contribution in [0.1, 0.15) is 22.3 Å². The summed E-state index contributed by atoms with van der Waals surface area (Å²) in [5.41, 5.74) is 6.46. The Morgan fingerprint density at radius 2 is 0.951 bits per heavy atom. The molecule has 41 heavy (non-hydrogen) atoms. The van der Waals surface area contributed by atoms with Crippen LogP contribution < -0.4 is 0 Å². The van der Waals surface area contributed by atoms with Crippen molar-refractivity contribution in [2.24, 2.45) is 0 Å². The number of rotatable bonds is 1. The van der Waals surface area contributed by atoms with Gasteiger partial charge in [0.2, 0.25) is 0 Å². The van der Waals surface area contributed by atoms with Gasteiger partial charge in [0, 0.05) is 39.3 Å². The Kier molecular flexibility index (Phi) is 8.96. The van der Waals surface area contributed by atoms with Gasteiger partial charge in [-0.2, -0.15) is 30.3 Å². The second kappa shape index (κ2) is 13.3. The maximum absolute atomic E-state index is 3.55. The van der Waals surface area contributed by atoms with Crippen molar-refractivity contribution in [2.75, 3.05) is 0 Å². The van der Waals surface area contributed by atoms with Crippen molar-refractivity contribution in [3.63, 3.8) is 0 Å². The Bertz CT molecular complexity index is 1960. The normalized spacial score (nSPS) is 9.85. The molecule has 0 aliphatic heterocycles. The minimum absolute atomic E-state index is 0. The fourth-order valence-corrected chi connectivity index (χ4v) is 4.92. The number of fused-ring (bicyclic) bond motifs is 2. The molecule has 0 heterocycles. The number of hydrogen-bond donors (Lipinski definition) is 0. The third kappa shape index (κ3) is 6.25. The van der Waals surface area contributed by atoms with E-state index in [1.807, 2.05) is 78.9 Å². The van der Waals surface area contributed by atoms with Crippen molar-refractivity contribution in [1.29, 1.82) is 0 Å². The summed E-state index contributed by atoms with van der Waals surface area (Å²) in [6.45, 7) is 0. The summed E-state index contributed by atoms with van der Waals surface area (Å²) < 4.78 is 0. The van der Waals surface area contributed by atoms with Gasteiger partial charge in [-0.25, -0.2) is 12.1 Å². The molecule has 0 amide bonds. The van der Waals surface area contributed by atoms with Gasteiger partial charge in [0.1, 0.15) is 0 Å². The monoisotopic (exact) mass is 562 g/mol. The molecule has 196 valence electrons. The Labute approximate surface area is 252 Å². The third-order valence-corrected chi connectivity index (χ3v) is 6.79. The predicted molar refractivity (Wildman–Crippen MR) is 169 cm³/mol. The summed E-state index contributed by atoms with van der Waals surface area (Å²) in [7, 11) is 0. The molecule has 0 aliphatic rings. The van der Waals surface area contributed by atoms with Crippen LogP contribution in [0.15, 0.2) is 158 Å². The van der Waals surface area contributed by atoms with Crippen LogP contribution in [-0.4, -0.2) is 0 Å². The quantitative estimate of drug-likeness (QED) is 0.0809. The molecular formula is C40H26Fe-2. The van der Waals surface area contributed by atoms with E-state index in [0.717, 1.165) is 43.8 Å². The van der Waals surface area contributed by atoms with Gasteiger partial charge in [-0.05, 0) is 40.4 Å². The van der Waals surface area contributed by atoms with E-state index in [1.54, 1.807) is 0 Å². The van der Waals surface area contributed by atoms with Crippen LogP contribution in [0.2, 0.25) is 0 Å². The maximum Gasteiger partial charge on any atom is 0.0331 e. The summed E-state index contributed by atoms with van der Waals surface area (Å²) in [6.07, 6.45) is 0. The SMILES string of the molecule is C(#Cc1c2ccccc2c(C#Cc2ccccc2)c2c(-[c-]3cccc3)cccc12)c1ccccc1.[Fe].c1cc[cH-]c1. The van der Waals surface area contributed by atoms with Crippen molar-refractivity contribution >= 4 is 21.5 Å². The molecule has 0 bridgehead atoms. The summed E-state index contributed by atoms with van der Waals surface area (Å²) in [5.74, 6) is 13.9. The molecular weight excluding hydrogens is 536 g/mol. The molecule has 0 N–H and O–H groups in total. The van der Waals surface area contributed by atoms with E-state index in [0.29, 0.717) is 0 Å². The zero-order valence-electron chi connectivity index (χ0n) is 22.4. The standard InChI is InChI=1S/C35H21.C5H5.Fe/c1-3-12-26(13-4-1)22-24-32-30-18-9-10-19-31(30)34(25-23-27-14-5-2-6-15-27)35-29(20-11-21-33(32)35)28-16-7-8-17-28;1-2-4-5-3-1;/h1-21H;1-5H;/q2*-1;. The van der Waals surface area contributed by atoms with E-state index < -0.39 is 0 Å². The molecule has 0 nitrogen and oxygen atoms in total. The Morgan fingerprint density at radius 1 is 0.439 bits per heavy atom. The van der Waals surface area contributed by atoms with E-state index in [-0.39, 0.29) is 17.1 Å². The first-order chi connectivity index (χ1) is 19.9. The van der Waals surface area contributed by atoms with Gasteiger partial charge >= 0.3 is 0 Å². The first-order valence-electron chi connectivity index (χ1n) is 13.4. The van der Waals surface area contributed by atoms with Crippen molar-refractivity contribution in [3.05, 3.63) is 180 Å². The summed E-state index contributed by atoms with van der Waals surface area (Å²) >= 11 is 0. The second-order valence-corrected chi connectivity index (χ2v) is 9.39. The van der Waals surface area contributed by atoms with Gasteiger partial charge in [-0.15, -0.1) is 23.8 Å². The topological polar surface area (TPSA) is 0 Å². The van der Waals surface area contributed by atoms with E-state index in [1.165, 1.54) is 11.1 Å². The van der Waals surface area contributed by atoms with Crippen LogP contribution in [0.3, 0.4) is 0 Å². The first-order valence-corrected chi connectivity index (χ1v) is 13.4. The summed E-state index contributed by atoms with van der Waals surface area (Å²) in [5, 5.41) is 4.53. The van der Waals surface area contributed by atoms with E-state index >= 15 is 0 Å². The largest absolute Gasteiger partial charge is 0.214 e. The van der Waals surface area contributed by atoms with Crippen molar-refractivity contribution < 1.29 is 17.1 Å². The van der Waals surface area contributed by atoms with Gasteiger partial charge < -0.3 is 0 Å². The smallest absolute Gasteiger partial charge is 0.0331 e. The molecule has 7 aromatic carbocycles. The second-order valence-electron chi connectivity index (χ2n) is 9.39. The molecule has 0 saturated heterocycles. The molecule has 0 unspecified atom stereocenters. The van der Waals surface area contributed by atoms with Crippen LogP contribution in [0.4, 0.5) is 0 Å². The van der Waals surface area contributed by atoms with Crippen molar-refractivity contribution in [2.45, 2.75) is 0 Å². The first kappa shape index (κ1) is 27.5. The molecule has 0 spiro atoms. The van der Waals surface area contributed by atoms with Gasteiger partial charge in [-0.1, -0.05) is 107 Å². The Morgan fingerprint density at radius 3 is 1.51 bits per heavy atom. The molecule has 0 aliphatic carbocycles. The number of benzene rings is 5. The Balaban J connectivity index is 0.000000510. The zero-order valence-corrected chi connectivity index (χ0v) is 23.5. The van der Waals surface area contributed by atoms with E-state index in [9.17, 15) is 0 Å². The van der Waals surface area contributed by atoms with Gasteiger partial charge in [0.15, 0.2) is 0 Å². The predicted octanol–water partition coefficient (Wildman–Crippen LogP) is 9.58. The molecule has 0 atom stereocenters. The average Bonchev–Trinajstić information content (AvgIpc) is 3.78. The molecule has 0 radical (unpaired) electrons. The summed E-state index contributed by atoms with van der Waals surface area (Å²) in [4.78, 5) is 0. The Hall–Kier alpha value is -5.04. The van der Waals surface area contributed by atoms with Crippen LogP contribution in [0, 0.1) is 23.7 Å². The van der Waals surface area contributed by atoms with E-state index in [2.05, 4.69) is 103 Å². The fourth-order valence-electron chi connectivity index (χ4n) is 4.92.